The first-order chi connectivity index (χ1) is 8.61. The fraction of sp³-hybridized carbons (Fsp3) is 0.231. The maximum atomic E-state index is 11.7. The molecule has 0 unspecified atom stereocenters. The van der Waals surface area contributed by atoms with E-state index >= 15 is 0 Å². The molecule has 0 radical (unpaired) electrons. The SMILES string of the molecule is CCOC(=O)c1nc(-c2cccc(I)c2)[nH]c1C. The van der Waals surface area contributed by atoms with Crippen LogP contribution in [0.2, 0.25) is 0 Å². The number of aryl methyl sites for hydroxylation is 1. The van der Waals surface area contributed by atoms with Crippen LogP contribution in [0.5, 0.6) is 0 Å². The van der Waals surface area contributed by atoms with Crippen molar-refractivity contribution in [2.75, 3.05) is 6.61 Å². The summed E-state index contributed by atoms with van der Waals surface area (Å²) < 4.78 is 6.08. The number of aromatic amines is 1. The molecule has 0 saturated carbocycles. The average Bonchev–Trinajstić information content (AvgIpc) is 2.72. The number of H-pyrrole nitrogens is 1. The van der Waals surface area contributed by atoms with Crippen LogP contribution in [0.15, 0.2) is 24.3 Å². The summed E-state index contributed by atoms with van der Waals surface area (Å²) in [7, 11) is 0. The standard InChI is InChI=1S/C13H13IN2O2/c1-3-18-13(17)11-8(2)15-12(16-11)9-5-4-6-10(14)7-9/h4-7H,3H2,1-2H3,(H,15,16). The van der Waals surface area contributed by atoms with E-state index in [4.69, 9.17) is 4.74 Å². The van der Waals surface area contributed by atoms with Gasteiger partial charge in [-0.15, -0.1) is 0 Å². The highest BCUT2D eigenvalue weighted by atomic mass is 127. The highest BCUT2D eigenvalue weighted by Crippen LogP contribution is 2.20. The lowest BCUT2D eigenvalue weighted by molar-refractivity contribution is 0.0519. The molecule has 0 atom stereocenters. The summed E-state index contributed by atoms with van der Waals surface area (Å²) >= 11 is 2.24. The minimum absolute atomic E-state index is 0.351. The van der Waals surface area contributed by atoms with Gasteiger partial charge in [0.05, 0.1) is 6.61 Å². The molecule has 0 saturated heterocycles. The normalized spacial score (nSPS) is 10.4. The van der Waals surface area contributed by atoms with Crippen LogP contribution >= 0.6 is 22.6 Å². The number of hydrogen-bond acceptors (Lipinski definition) is 3. The number of rotatable bonds is 3. The van der Waals surface area contributed by atoms with E-state index in [1.807, 2.05) is 31.2 Å². The van der Waals surface area contributed by atoms with Crippen molar-refractivity contribution in [1.82, 2.24) is 9.97 Å². The third kappa shape index (κ3) is 2.72. The Morgan fingerprint density at radius 2 is 2.28 bits per heavy atom. The topological polar surface area (TPSA) is 55.0 Å². The van der Waals surface area contributed by atoms with E-state index in [1.54, 1.807) is 6.92 Å². The van der Waals surface area contributed by atoms with Gasteiger partial charge in [-0.2, -0.15) is 0 Å². The van der Waals surface area contributed by atoms with Crippen molar-refractivity contribution in [3.63, 3.8) is 0 Å². The van der Waals surface area contributed by atoms with E-state index in [9.17, 15) is 4.79 Å². The molecule has 2 rings (SSSR count). The first-order valence-electron chi connectivity index (χ1n) is 5.61. The summed E-state index contributed by atoms with van der Waals surface area (Å²) in [6.45, 7) is 3.95. The molecule has 0 bridgehead atoms. The van der Waals surface area contributed by atoms with Gasteiger partial charge < -0.3 is 9.72 Å². The zero-order valence-electron chi connectivity index (χ0n) is 10.2. The number of nitrogens with zero attached hydrogens (tertiary/aromatic N) is 1. The van der Waals surface area contributed by atoms with E-state index in [0.29, 0.717) is 18.1 Å². The number of benzene rings is 1. The Labute approximate surface area is 119 Å². The molecule has 4 nitrogen and oxygen atoms in total. The lowest BCUT2D eigenvalue weighted by atomic mass is 10.2. The number of carbonyl (C=O) groups is 1. The summed E-state index contributed by atoms with van der Waals surface area (Å²) in [5.74, 6) is 0.303. The molecule has 1 N–H and O–H groups in total. The van der Waals surface area contributed by atoms with Gasteiger partial charge in [0.15, 0.2) is 5.69 Å². The minimum atomic E-state index is -0.386. The number of carbonyl (C=O) groups excluding carboxylic acids is 1. The number of nitrogens with one attached hydrogen (secondary N) is 1. The van der Waals surface area contributed by atoms with Crippen molar-refractivity contribution in [3.8, 4) is 11.4 Å². The van der Waals surface area contributed by atoms with Gasteiger partial charge >= 0.3 is 5.97 Å². The largest absolute Gasteiger partial charge is 0.461 e. The summed E-state index contributed by atoms with van der Waals surface area (Å²) in [5.41, 5.74) is 2.04. The van der Waals surface area contributed by atoms with E-state index in [2.05, 4.69) is 32.6 Å². The van der Waals surface area contributed by atoms with Gasteiger partial charge in [0.1, 0.15) is 5.82 Å². The molecule has 0 aliphatic carbocycles. The second-order valence-electron chi connectivity index (χ2n) is 3.79. The van der Waals surface area contributed by atoms with E-state index in [1.165, 1.54) is 0 Å². The summed E-state index contributed by atoms with van der Waals surface area (Å²) in [5, 5.41) is 0. The molecule has 0 aliphatic heterocycles. The zero-order valence-corrected chi connectivity index (χ0v) is 12.3. The van der Waals surface area contributed by atoms with Crippen molar-refractivity contribution in [3.05, 3.63) is 39.2 Å². The molecule has 94 valence electrons. The number of imidazole rings is 1. The molecule has 2 aromatic rings. The summed E-state index contributed by atoms with van der Waals surface area (Å²) in [6.07, 6.45) is 0. The first-order valence-corrected chi connectivity index (χ1v) is 6.69. The second kappa shape index (κ2) is 5.51. The van der Waals surface area contributed by atoms with Crippen LogP contribution in [-0.2, 0) is 4.74 Å². The molecule has 5 heteroatoms. The van der Waals surface area contributed by atoms with E-state index in [-0.39, 0.29) is 5.97 Å². The molecule has 1 aromatic heterocycles. The van der Waals surface area contributed by atoms with Crippen molar-refractivity contribution in [1.29, 1.82) is 0 Å². The van der Waals surface area contributed by atoms with E-state index < -0.39 is 0 Å². The summed E-state index contributed by atoms with van der Waals surface area (Å²) in [6, 6.07) is 7.92. The highest BCUT2D eigenvalue weighted by Gasteiger charge is 2.16. The van der Waals surface area contributed by atoms with Gasteiger partial charge in [0, 0.05) is 14.8 Å². The van der Waals surface area contributed by atoms with Gasteiger partial charge in [-0.1, -0.05) is 12.1 Å². The highest BCUT2D eigenvalue weighted by molar-refractivity contribution is 14.1. The smallest absolute Gasteiger partial charge is 0.358 e. The predicted molar refractivity (Wildman–Crippen MR) is 77.4 cm³/mol. The predicted octanol–water partition coefficient (Wildman–Crippen LogP) is 3.17. The maximum absolute atomic E-state index is 11.7. The molecule has 0 fully saturated rings. The molecule has 1 heterocycles. The second-order valence-corrected chi connectivity index (χ2v) is 5.04. The van der Waals surface area contributed by atoms with Crippen molar-refractivity contribution in [2.45, 2.75) is 13.8 Å². The van der Waals surface area contributed by atoms with Gasteiger partial charge in [-0.05, 0) is 48.6 Å². The number of esters is 1. The molecule has 0 spiro atoms. The minimum Gasteiger partial charge on any atom is -0.461 e. The number of ether oxygens (including phenoxy) is 1. The van der Waals surface area contributed by atoms with Crippen molar-refractivity contribution >= 4 is 28.6 Å². The van der Waals surface area contributed by atoms with Crippen LogP contribution in [0.4, 0.5) is 0 Å². The average molecular weight is 356 g/mol. The molecular weight excluding hydrogens is 343 g/mol. The van der Waals surface area contributed by atoms with Crippen molar-refractivity contribution < 1.29 is 9.53 Å². The van der Waals surface area contributed by atoms with Crippen LogP contribution in [0.25, 0.3) is 11.4 Å². The van der Waals surface area contributed by atoms with Crippen LogP contribution in [0.1, 0.15) is 23.1 Å². The Hall–Kier alpha value is -1.37. The third-order valence-electron chi connectivity index (χ3n) is 2.45. The monoisotopic (exact) mass is 356 g/mol. The lowest BCUT2D eigenvalue weighted by Crippen LogP contribution is -2.06. The molecule has 0 amide bonds. The van der Waals surface area contributed by atoms with Gasteiger partial charge in [0.25, 0.3) is 0 Å². The Balaban J connectivity index is 2.37. The van der Waals surface area contributed by atoms with Gasteiger partial charge in [0.2, 0.25) is 0 Å². The first kappa shape index (κ1) is 13.1. The molecule has 1 aromatic carbocycles. The van der Waals surface area contributed by atoms with Crippen LogP contribution in [0, 0.1) is 10.5 Å². The summed E-state index contributed by atoms with van der Waals surface area (Å²) in [4.78, 5) is 19.1. The lowest BCUT2D eigenvalue weighted by Gasteiger charge is -1.98. The number of halogens is 1. The Kier molecular flexibility index (Phi) is 4.00. The van der Waals surface area contributed by atoms with Gasteiger partial charge in [-0.25, -0.2) is 9.78 Å². The molecule has 0 aliphatic rings. The quantitative estimate of drug-likeness (QED) is 0.679. The fourth-order valence-electron chi connectivity index (χ4n) is 1.63. The number of aromatic nitrogens is 2. The van der Waals surface area contributed by atoms with Crippen LogP contribution in [-0.4, -0.2) is 22.5 Å². The van der Waals surface area contributed by atoms with Crippen LogP contribution < -0.4 is 0 Å². The Morgan fingerprint density at radius 3 is 2.94 bits per heavy atom. The Morgan fingerprint density at radius 1 is 1.50 bits per heavy atom. The third-order valence-corrected chi connectivity index (χ3v) is 3.12. The number of hydrogen-bond donors (Lipinski definition) is 1. The molecular formula is C13H13IN2O2. The maximum Gasteiger partial charge on any atom is 0.358 e. The Bertz CT molecular complexity index is 578. The van der Waals surface area contributed by atoms with Crippen LogP contribution in [0.3, 0.4) is 0 Å². The zero-order chi connectivity index (χ0) is 13.1. The van der Waals surface area contributed by atoms with Gasteiger partial charge in [-0.3, -0.25) is 0 Å². The van der Waals surface area contributed by atoms with E-state index in [0.717, 1.165) is 14.8 Å². The fourth-order valence-corrected chi connectivity index (χ4v) is 2.17. The molecule has 18 heavy (non-hydrogen) atoms. The van der Waals surface area contributed by atoms with Crippen molar-refractivity contribution in [2.24, 2.45) is 0 Å².